The molecular formula is C21H22FN5O2S. The molecule has 1 atom stereocenters. The average molecular weight is 428 g/mol. The van der Waals surface area contributed by atoms with E-state index in [4.69, 9.17) is 0 Å². The van der Waals surface area contributed by atoms with Gasteiger partial charge < -0.3 is 10.2 Å². The minimum absolute atomic E-state index is 0.0424. The van der Waals surface area contributed by atoms with Gasteiger partial charge in [0.1, 0.15) is 11.9 Å². The van der Waals surface area contributed by atoms with Crippen LogP contribution in [0.5, 0.6) is 0 Å². The van der Waals surface area contributed by atoms with Crippen molar-refractivity contribution >= 4 is 23.3 Å². The first-order valence-electron chi connectivity index (χ1n) is 9.29. The molecule has 2 aromatic heterocycles. The first-order valence-corrected chi connectivity index (χ1v) is 10.1. The Balaban J connectivity index is 2.10. The first kappa shape index (κ1) is 21.5. The molecule has 0 saturated carbocycles. The number of pyridine rings is 1. The molecule has 0 spiro atoms. The highest BCUT2D eigenvalue weighted by Crippen LogP contribution is 2.28. The standard InChI is InChI=1S/C21H22FN5O2S/c1-21(2,3)24-19(28)18(15-8-4-5-9-16(15)22)27(12-14-7-6-10-23-11-14)20(29)17-13-30-26-25-17/h4-11,13,18H,12H2,1-3H3,(H,24,28)/t18-/m0/s1. The summed E-state index contributed by atoms with van der Waals surface area (Å²) in [5.74, 6) is -1.59. The van der Waals surface area contributed by atoms with Crippen LogP contribution in [0.25, 0.3) is 0 Å². The summed E-state index contributed by atoms with van der Waals surface area (Å²) in [4.78, 5) is 32.0. The van der Waals surface area contributed by atoms with Gasteiger partial charge in [-0.05, 0) is 50.0 Å². The summed E-state index contributed by atoms with van der Waals surface area (Å²) in [6.07, 6.45) is 3.21. The average Bonchev–Trinajstić information content (AvgIpc) is 3.22. The second kappa shape index (κ2) is 9.08. The largest absolute Gasteiger partial charge is 0.349 e. The van der Waals surface area contributed by atoms with Crippen molar-refractivity contribution in [2.45, 2.75) is 38.9 Å². The number of hydrogen-bond donors (Lipinski definition) is 1. The van der Waals surface area contributed by atoms with Crippen LogP contribution in [0, 0.1) is 5.82 Å². The zero-order valence-corrected chi connectivity index (χ0v) is 17.7. The van der Waals surface area contributed by atoms with Gasteiger partial charge in [0.05, 0.1) is 0 Å². The Bertz CT molecular complexity index is 1010. The van der Waals surface area contributed by atoms with E-state index in [1.54, 1.807) is 30.6 Å². The Morgan fingerprint density at radius 1 is 1.20 bits per heavy atom. The molecule has 9 heteroatoms. The van der Waals surface area contributed by atoms with E-state index < -0.39 is 29.2 Å². The molecule has 0 fully saturated rings. The number of benzene rings is 1. The third kappa shape index (κ3) is 5.24. The van der Waals surface area contributed by atoms with Crippen LogP contribution in [0.3, 0.4) is 0 Å². The van der Waals surface area contributed by atoms with Gasteiger partial charge in [0.2, 0.25) is 5.91 Å². The Labute approximate surface area is 178 Å². The van der Waals surface area contributed by atoms with Crippen LogP contribution in [-0.2, 0) is 11.3 Å². The normalized spacial score (nSPS) is 12.3. The van der Waals surface area contributed by atoms with E-state index in [0.29, 0.717) is 5.56 Å². The number of nitrogens with zero attached hydrogens (tertiary/aromatic N) is 4. The molecule has 0 aliphatic carbocycles. The Hall–Kier alpha value is -3.20. The first-order chi connectivity index (χ1) is 14.3. The van der Waals surface area contributed by atoms with Gasteiger partial charge in [0.25, 0.3) is 5.91 Å². The number of halogens is 1. The van der Waals surface area contributed by atoms with E-state index in [2.05, 4.69) is 19.9 Å². The van der Waals surface area contributed by atoms with Crippen LogP contribution >= 0.6 is 11.5 Å². The summed E-state index contributed by atoms with van der Waals surface area (Å²) >= 11 is 1.03. The minimum Gasteiger partial charge on any atom is -0.349 e. The fraction of sp³-hybridized carbons (Fsp3) is 0.286. The topological polar surface area (TPSA) is 88.1 Å². The molecule has 7 nitrogen and oxygen atoms in total. The molecule has 1 N–H and O–H groups in total. The van der Waals surface area contributed by atoms with Crippen LogP contribution < -0.4 is 5.32 Å². The van der Waals surface area contributed by atoms with Crippen molar-refractivity contribution in [1.82, 2.24) is 24.8 Å². The quantitative estimate of drug-likeness (QED) is 0.652. The van der Waals surface area contributed by atoms with Gasteiger partial charge in [-0.1, -0.05) is 28.8 Å². The molecule has 2 heterocycles. The highest BCUT2D eigenvalue weighted by atomic mass is 32.1. The van der Waals surface area contributed by atoms with E-state index in [1.165, 1.54) is 28.5 Å². The lowest BCUT2D eigenvalue weighted by molar-refractivity contribution is -0.127. The maximum absolute atomic E-state index is 14.8. The summed E-state index contributed by atoms with van der Waals surface area (Å²) in [6, 6.07) is 8.25. The fourth-order valence-corrected chi connectivity index (χ4v) is 3.39. The number of carbonyl (C=O) groups excluding carboxylic acids is 2. The van der Waals surface area contributed by atoms with Crippen LogP contribution in [0.15, 0.2) is 54.2 Å². The molecule has 3 rings (SSSR count). The number of aromatic nitrogens is 3. The highest BCUT2D eigenvalue weighted by Gasteiger charge is 2.36. The van der Waals surface area contributed by atoms with Crippen molar-refractivity contribution in [2.75, 3.05) is 0 Å². The lowest BCUT2D eigenvalue weighted by Crippen LogP contribution is -2.49. The second-order valence-electron chi connectivity index (χ2n) is 7.75. The van der Waals surface area contributed by atoms with E-state index in [0.717, 1.165) is 11.5 Å². The van der Waals surface area contributed by atoms with Gasteiger partial charge in [-0.3, -0.25) is 14.6 Å². The molecule has 0 saturated heterocycles. The summed E-state index contributed by atoms with van der Waals surface area (Å²) in [7, 11) is 0. The molecule has 0 aliphatic rings. The molecule has 1 aromatic carbocycles. The second-order valence-corrected chi connectivity index (χ2v) is 8.36. The van der Waals surface area contributed by atoms with Crippen LogP contribution in [-0.4, -0.2) is 36.8 Å². The molecular weight excluding hydrogens is 405 g/mol. The predicted octanol–water partition coefficient (Wildman–Crippen LogP) is 3.37. The van der Waals surface area contributed by atoms with Crippen LogP contribution in [0.2, 0.25) is 0 Å². The Morgan fingerprint density at radius 3 is 2.57 bits per heavy atom. The third-order valence-corrected chi connectivity index (χ3v) is 4.68. The van der Waals surface area contributed by atoms with Gasteiger partial charge in [0.15, 0.2) is 5.69 Å². The van der Waals surface area contributed by atoms with Crippen molar-refractivity contribution in [3.05, 3.63) is 76.8 Å². The van der Waals surface area contributed by atoms with E-state index in [-0.39, 0.29) is 17.8 Å². The number of amides is 2. The van der Waals surface area contributed by atoms with Gasteiger partial charge in [-0.25, -0.2) is 4.39 Å². The van der Waals surface area contributed by atoms with Crippen molar-refractivity contribution in [3.63, 3.8) is 0 Å². The van der Waals surface area contributed by atoms with Gasteiger partial charge in [0, 0.05) is 35.4 Å². The molecule has 0 bridgehead atoms. The third-order valence-electron chi connectivity index (χ3n) is 4.17. The Morgan fingerprint density at radius 2 is 1.97 bits per heavy atom. The molecule has 3 aromatic rings. The minimum atomic E-state index is -1.21. The van der Waals surface area contributed by atoms with Gasteiger partial charge in [-0.2, -0.15) is 0 Å². The number of rotatable bonds is 6. The van der Waals surface area contributed by atoms with Crippen LogP contribution in [0.4, 0.5) is 4.39 Å². The molecule has 30 heavy (non-hydrogen) atoms. The number of hydrogen-bond acceptors (Lipinski definition) is 6. The zero-order chi connectivity index (χ0) is 21.7. The molecule has 156 valence electrons. The molecule has 0 aliphatic heterocycles. The lowest BCUT2D eigenvalue weighted by atomic mass is 10.00. The van der Waals surface area contributed by atoms with Crippen molar-refractivity contribution in [1.29, 1.82) is 0 Å². The van der Waals surface area contributed by atoms with E-state index >= 15 is 0 Å². The van der Waals surface area contributed by atoms with Gasteiger partial charge >= 0.3 is 0 Å². The van der Waals surface area contributed by atoms with Crippen LogP contribution in [0.1, 0.15) is 48.4 Å². The maximum Gasteiger partial charge on any atom is 0.276 e. The molecule has 0 radical (unpaired) electrons. The molecule has 2 amide bonds. The molecule has 0 unspecified atom stereocenters. The number of carbonyl (C=O) groups is 2. The maximum atomic E-state index is 14.8. The number of nitrogens with one attached hydrogen (secondary N) is 1. The summed E-state index contributed by atoms with van der Waals surface area (Å²) < 4.78 is 18.5. The van der Waals surface area contributed by atoms with E-state index in [9.17, 15) is 14.0 Å². The van der Waals surface area contributed by atoms with Crippen molar-refractivity contribution in [3.8, 4) is 0 Å². The fourth-order valence-electron chi connectivity index (χ4n) is 2.96. The van der Waals surface area contributed by atoms with Crippen molar-refractivity contribution < 1.29 is 14.0 Å². The summed E-state index contributed by atoms with van der Waals surface area (Å²) in [5.41, 5.74) is 0.304. The monoisotopic (exact) mass is 427 g/mol. The lowest BCUT2D eigenvalue weighted by Gasteiger charge is -2.33. The SMILES string of the molecule is CC(C)(C)NC(=O)[C@H](c1ccccc1F)N(Cc1cccnc1)C(=O)c1csnn1. The van der Waals surface area contributed by atoms with Crippen molar-refractivity contribution in [2.24, 2.45) is 0 Å². The zero-order valence-electron chi connectivity index (χ0n) is 16.9. The van der Waals surface area contributed by atoms with Gasteiger partial charge in [-0.15, -0.1) is 5.10 Å². The predicted molar refractivity (Wildman–Crippen MR) is 111 cm³/mol. The Kier molecular flexibility index (Phi) is 6.51. The summed E-state index contributed by atoms with van der Waals surface area (Å²) in [5, 5.41) is 8.21. The van der Waals surface area contributed by atoms with E-state index in [1.807, 2.05) is 20.8 Å². The highest BCUT2D eigenvalue weighted by molar-refractivity contribution is 7.03. The summed E-state index contributed by atoms with van der Waals surface area (Å²) in [6.45, 7) is 5.50. The smallest absolute Gasteiger partial charge is 0.276 e.